The molecule has 0 rings (SSSR count). The standard InChI is InChI=1S/C79H136O17P2/c1-5-9-13-17-21-25-29-32-34-35-36-37-39-42-45-48-52-56-60-64-77(82)90-70-75(96-79(84)66-62-58-54-50-46-40-31-27-23-19-15-11-7-3)72-94-98(87,88)92-68-73(80)67-91-97(85,86)93-71-74(95-78(83)65-61-57-53-49-43-28-24-20-16-12-8-4)69-89-76(81)63-59-55-51-47-44-41-38-33-30-26-22-18-14-10-6-2/h9,13,21-22,25-27,31-34,36-38,42,45,52,56,73-75,80H,5-8,10-12,14-20,23-24,28-30,35,39-41,43-44,46-51,53-55,57-72H2,1-4H3,(H,85,86)(H,87,88)/b13-9-,25-21-,26-22-,31-27-,34-32-,37-36-,38-33-,45-42-,56-52-. The second kappa shape index (κ2) is 71.1. The van der Waals surface area contributed by atoms with Crippen molar-refractivity contribution in [2.75, 3.05) is 39.6 Å². The van der Waals surface area contributed by atoms with Crippen molar-refractivity contribution in [3.63, 3.8) is 0 Å². The number of carbonyl (C=O) groups is 4. The van der Waals surface area contributed by atoms with E-state index in [2.05, 4.69) is 119 Å². The molecule has 0 saturated carbocycles. The molecule has 3 N–H and O–H groups in total. The lowest BCUT2D eigenvalue weighted by molar-refractivity contribution is -0.161. The maximum atomic E-state index is 13.1. The lowest BCUT2D eigenvalue weighted by Crippen LogP contribution is -2.30. The number of phosphoric ester groups is 2. The quantitative estimate of drug-likeness (QED) is 0.0169. The summed E-state index contributed by atoms with van der Waals surface area (Å²) in [5.41, 5.74) is 0. The zero-order chi connectivity index (χ0) is 71.8. The average Bonchev–Trinajstić information content (AvgIpc) is 0.972. The number of carbonyl (C=O) groups excluding carboxylic acids is 4. The molecule has 0 spiro atoms. The fourth-order valence-corrected chi connectivity index (χ4v) is 11.5. The predicted molar refractivity (Wildman–Crippen MR) is 399 cm³/mol. The molecule has 0 fully saturated rings. The number of phosphoric acid groups is 2. The van der Waals surface area contributed by atoms with Gasteiger partial charge in [0.05, 0.1) is 26.4 Å². The molecule has 5 atom stereocenters. The summed E-state index contributed by atoms with van der Waals surface area (Å²) >= 11 is 0. The molecule has 0 saturated heterocycles. The van der Waals surface area contributed by atoms with Crippen LogP contribution in [0.2, 0.25) is 0 Å². The SMILES string of the molecule is CC/C=C\C/C=C\C/C=C\C/C=C\C/C=C\C/C=C\CCC(=O)OCC(COP(=O)(O)OCC(O)COP(=O)(O)OCC(COC(=O)CCCCCCC/C=C\C/C=C\CCCCC)OC(=O)CCCCCCCCCCCCC)OC(=O)CCCCCCC/C=C\CCCCCC. The topological polar surface area (TPSA) is 237 Å². The number of esters is 4. The smallest absolute Gasteiger partial charge is 0.462 e. The summed E-state index contributed by atoms with van der Waals surface area (Å²) in [5.74, 6) is -2.29. The van der Waals surface area contributed by atoms with E-state index in [4.69, 9.17) is 37.0 Å². The van der Waals surface area contributed by atoms with Crippen LogP contribution in [0.1, 0.15) is 310 Å². The second-order valence-electron chi connectivity index (χ2n) is 25.2. The number of unbranched alkanes of at least 4 members (excludes halogenated alkanes) is 27. The highest BCUT2D eigenvalue weighted by Crippen LogP contribution is 2.45. The Kier molecular flexibility index (Phi) is 68.0. The van der Waals surface area contributed by atoms with Crippen molar-refractivity contribution in [2.24, 2.45) is 0 Å². The Bertz CT molecular complexity index is 2290. The first-order valence-electron chi connectivity index (χ1n) is 38.1. The molecule has 0 heterocycles. The van der Waals surface area contributed by atoms with Crippen molar-refractivity contribution in [1.82, 2.24) is 0 Å². The van der Waals surface area contributed by atoms with Gasteiger partial charge in [0.1, 0.15) is 19.3 Å². The van der Waals surface area contributed by atoms with Gasteiger partial charge in [-0.05, 0) is 122 Å². The molecule has 98 heavy (non-hydrogen) atoms. The number of ether oxygens (including phenoxy) is 4. The Morgan fingerprint density at radius 3 is 0.918 bits per heavy atom. The number of aliphatic hydroxyl groups is 1. The van der Waals surface area contributed by atoms with Gasteiger partial charge in [-0.1, -0.05) is 272 Å². The molecule has 0 aromatic carbocycles. The molecule has 0 radical (unpaired) electrons. The zero-order valence-corrected chi connectivity index (χ0v) is 63.2. The van der Waals surface area contributed by atoms with Gasteiger partial charge in [-0.25, -0.2) is 9.13 Å². The van der Waals surface area contributed by atoms with Crippen LogP contribution < -0.4 is 0 Å². The second-order valence-corrected chi connectivity index (χ2v) is 28.1. The molecule has 0 aromatic rings. The first kappa shape index (κ1) is 93.7. The summed E-state index contributed by atoms with van der Waals surface area (Å²) in [7, 11) is -9.97. The number of aliphatic hydroxyl groups excluding tert-OH is 1. The molecule has 0 aliphatic carbocycles. The van der Waals surface area contributed by atoms with E-state index < -0.39 is 97.5 Å². The van der Waals surface area contributed by atoms with Gasteiger partial charge in [0, 0.05) is 25.7 Å². The van der Waals surface area contributed by atoms with Crippen molar-refractivity contribution in [2.45, 2.75) is 329 Å². The van der Waals surface area contributed by atoms with Gasteiger partial charge in [-0.3, -0.25) is 37.3 Å². The van der Waals surface area contributed by atoms with Gasteiger partial charge in [0.25, 0.3) is 0 Å². The van der Waals surface area contributed by atoms with E-state index in [-0.39, 0.29) is 25.7 Å². The van der Waals surface area contributed by atoms with Crippen LogP contribution in [0.5, 0.6) is 0 Å². The molecule has 564 valence electrons. The van der Waals surface area contributed by atoms with E-state index in [1.165, 1.54) is 83.5 Å². The van der Waals surface area contributed by atoms with Gasteiger partial charge < -0.3 is 33.8 Å². The van der Waals surface area contributed by atoms with Crippen LogP contribution in [0.15, 0.2) is 109 Å². The lowest BCUT2D eigenvalue weighted by atomic mass is 10.1. The van der Waals surface area contributed by atoms with E-state index in [1.54, 1.807) is 0 Å². The minimum Gasteiger partial charge on any atom is -0.462 e. The van der Waals surface area contributed by atoms with Crippen LogP contribution >= 0.6 is 15.6 Å². The van der Waals surface area contributed by atoms with Crippen molar-refractivity contribution in [1.29, 1.82) is 0 Å². The highest BCUT2D eigenvalue weighted by Gasteiger charge is 2.30. The largest absolute Gasteiger partial charge is 0.472 e. The van der Waals surface area contributed by atoms with Gasteiger partial charge in [0.2, 0.25) is 0 Å². The molecule has 0 aliphatic rings. The van der Waals surface area contributed by atoms with Crippen molar-refractivity contribution < 1.29 is 80.2 Å². The summed E-state index contributed by atoms with van der Waals surface area (Å²) < 4.78 is 68.3. The Morgan fingerprint density at radius 2 is 0.551 bits per heavy atom. The van der Waals surface area contributed by atoms with Crippen LogP contribution in [0.25, 0.3) is 0 Å². The third kappa shape index (κ3) is 70.2. The van der Waals surface area contributed by atoms with Crippen molar-refractivity contribution in [3.05, 3.63) is 109 Å². The summed E-state index contributed by atoms with van der Waals surface area (Å²) in [6, 6.07) is 0. The van der Waals surface area contributed by atoms with Crippen LogP contribution in [0.4, 0.5) is 0 Å². The van der Waals surface area contributed by atoms with Crippen LogP contribution in [0, 0.1) is 0 Å². The Hall–Kier alpha value is -4.28. The van der Waals surface area contributed by atoms with Gasteiger partial charge >= 0.3 is 39.5 Å². The summed E-state index contributed by atoms with van der Waals surface area (Å²) in [5, 5.41) is 10.6. The number of hydrogen-bond donors (Lipinski definition) is 3. The fourth-order valence-electron chi connectivity index (χ4n) is 9.92. The number of allylic oxidation sites excluding steroid dienone is 18. The monoisotopic (exact) mass is 1420 g/mol. The molecule has 19 heteroatoms. The third-order valence-electron chi connectivity index (χ3n) is 15.7. The maximum absolute atomic E-state index is 13.1. The van der Waals surface area contributed by atoms with Crippen LogP contribution in [-0.2, 0) is 65.4 Å². The Labute approximate surface area is 594 Å². The number of rotatable bonds is 71. The maximum Gasteiger partial charge on any atom is 0.472 e. The normalized spacial score (nSPS) is 14.6. The van der Waals surface area contributed by atoms with Crippen LogP contribution in [0.3, 0.4) is 0 Å². The molecule has 0 aliphatic heterocycles. The van der Waals surface area contributed by atoms with E-state index >= 15 is 0 Å². The van der Waals surface area contributed by atoms with E-state index in [1.807, 2.05) is 18.2 Å². The molecule has 0 aromatic heterocycles. The molecule has 0 amide bonds. The first-order valence-corrected chi connectivity index (χ1v) is 41.1. The Balaban J connectivity index is 5.38. The predicted octanol–water partition coefficient (Wildman–Crippen LogP) is 21.8. The van der Waals surface area contributed by atoms with E-state index in [9.17, 15) is 43.2 Å². The van der Waals surface area contributed by atoms with Gasteiger partial charge in [-0.15, -0.1) is 0 Å². The number of hydrogen-bond acceptors (Lipinski definition) is 15. The zero-order valence-electron chi connectivity index (χ0n) is 61.4. The summed E-state index contributed by atoms with van der Waals surface area (Å²) in [6.45, 7) is 4.61. The summed E-state index contributed by atoms with van der Waals surface area (Å²) in [4.78, 5) is 72.7. The van der Waals surface area contributed by atoms with E-state index in [0.717, 1.165) is 141 Å². The fraction of sp³-hybridized carbons (Fsp3) is 0.722. The minimum absolute atomic E-state index is 0.0339. The Morgan fingerprint density at radius 1 is 0.296 bits per heavy atom. The molecular formula is C79H136O17P2. The highest BCUT2D eigenvalue weighted by molar-refractivity contribution is 7.47. The third-order valence-corrected chi connectivity index (χ3v) is 17.6. The molecule has 0 bridgehead atoms. The van der Waals surface area contributed by atoms with Crippen molar-refractivity contribution in [3.8, 4) is 0 Å². The molecular weight excluding hydrogens is 1280 g/mol. The van der Waals surface area contributed by atoms with Gasteiger partial charge in [-0.2, -0.15) is 0 Å². The molecule has 17 nitrogen and oxygen atoms in total. The highest BCUT2D eigenvalue weighted by atomic mass is 31.2. The lowest BCUT2D eigenvalue weighted by Gasteiger charge is -2.21. The first-order chi connectivity index (χ1) is 47.7. The van der Waals surface area contributed by atoms with Crippen molar-refractivity contribution >= 4 is 39.5 Å². The average molecular weight is 1420 g/mol. The molecule has 5 unspecified atom stereocenters. The van der Waals surface area contributed by atoms with Gasteiger partial charge in [0.15, 0.2) is 12.2 Å². The summed E-state index contributed by atoms with van der Waals surface area (Å²) in [6.07, 6.45) is 75.3. The minimum atomic E-state index is -4.99. The van der Waals surface area contributed by atoms with E-state index in [0.29, 0.717) is 32.1 Å². The van der Waals surface area contributed by atoms with Crippen LogP contribution in [-0.4, -0.2) is 96.7 Å².